The molecular formula is C14H19N. The quantitative estimate of drug-likeness (QED) is 0.676. The number of rotatable bonds is 1. The van der Waals surface area contributed by atoms with E-state index in [2.05, 4.69) is 42.2 Å². The third kappa shape index (κ3) is 2.79. The zero-order chi connectivity index (χ0) is 11.3. The first-order chi connectivity index (χ1) is 7.29. The molecule has 1 heteroatoms. The van der Waals surface area contributed by atoms with Gasteiger partial charge in [-0.25, -0.2) is 0 Å². The van der Waals surface area contributed by atoms with Crippen LogP contribution >= 0.6 is 0 Å². The molecule has 0 atom stereocenters. The number of aryl methyl sites for hydroxylation is 2. The monoisotopic (exact) mass is 201 g/mol. The van der Waals surface area contributed by atoms with Crippen LogP contribution < -0.4 is 0 Å². The van der Waals surface area contributed by atoms with E-state index >= 15 is 0 Å². The lowest BCUT2D eigenvalue weighted by Gasteiger charge is -2.01. The van der Waals surface area contributed by atoms with Crippen LogP contribution in [0.15, 0.2) is 30.3 Å². The van der Waals surface area contributed by atoms with E-state index in [1.807, 2.05) is 20.8 Å². The van der Waals surface area contributed by atoms with Crippen LogP contribution in [0, 0.1) is 6.92 Å². The van der Waals surface area contributed by atoms with Gasteiger partial charge in [-0.2, -0.15) is 0 Å². The second-order valence-corrected chi connectivity index (χ2v) is 3.33. The van der Waals surface area contributed by atoms with Crippen LogP contribution in [0.3, 0.4) is 0 Å². The van der Waals surface area contributed by atoms with E-state index in [1.54, 1.807) is 0 Å². The Hall–Kier alpha value is -1.37. The van der Waals surface area contributed by atoms with E-state index in [4.69, 9.17) is 0 Å². The zero-order valence-electron chi connectivity index (χ0n) is 10.0. The Balaban J connectivity index is 0.000000531. The third-order valence-corrected chi connectivity index (χ3v) is 2.30. The molecule has 0 unspecified atom stereocenters. The minimum absolute atomic E-state index is 1.08. The summed E-state index contributed by atoms with van der Waals surface area (Å²) in [6.45, 7) is 8.19. The van der Waals surface area contributed by atoms with Crippen molar-refractivity contribution in [3.8, 4) is 0 Å². The van der Waals surface area contributed by atoms with Gasteiger partial charge in [0.05, 0.1) is 5.52 Å². The molecule has 0 saturated heterocycles. The minimum atomic E-state index is 1.08. The second-order valence-electron chi connectivity index (χ2n) is 3.33. The van der Waals surface area contributed by atoms with Crippen molar-refractivity contribution in [1.82, 2.24) is 4.98 Å². The van der Waals surface area contributed by atoms with Gasteiger partial charge in [0.2, 0.25) is 0 Å². The summed E-state index contributed by atoms with van der Waals surface area (Å²) in [4.78, 5) is 4.45. The van der Waals surface area contributed by atoms with E-state index in [1.165, 1.54) is 10.9 Å². The lowest BCUT2D eigenvalue weighted by Crippen LogP contribution is -1.85. The van der Waals surface area contributed by atoms with Crippen LogP contribution in [0.2, 0.25) is 0 Å². The molecule has 0 aliphatic heterocycles. The number of aromatic nitrogens is 1. The van der Waals surface area contributed by atoms with Gasteiger partial charge in [0.25, 0.3) is 0 Å². The molecule has 0 fully saturated rings. The molecule has 2 aromatic rings. The summed E-state index contributed by atoms with van der Waals surface area (Å²) in [5.41, 5.74) is 3.55. The fraction of sp³-hybridized carbons (Fsp3) is 0.357. The molecule has 0 saturated carbocycles. The van der Waals surface area contributed by atoms with Crippen molar-refractivity contribution < 1.29 is 0 Å². The van der Waals surface area contributed by atoms with Crippen LogP contribution in [0.1, 0.15) is 32.0 Å². The third-order valence-electron chi connectivity index (χ3n) is 2.30. The van der Waals surface area contributed by atoms with Crippen molar-refractivity contribution in [3.05, 3.63) is 41.6 Å². The molecule has 15 heavy (non-hydrogen) atoms. The molecule has 1 aromatic heterocycles. The number of nitrogens with zero attached hydrogens (tertiary/aromatic N) is 1. The Labute approximate surface area is 92.2 Å². The largest absolute Gasteiger partial charge is 0.253 e. The predicted octanol–water partition coefficient (Wildman–Crippen LogP) is 4.13. The maximum atomic E-state index is 4.45. The fourth-order valence-electron chi connectivity index (χ4n) is 1.50. The summed E-state index contributed by atoms with van der Waals surface area (Å²) < 4.78 is 0. The first-order valence-corrected chi connectivity index (χ1v) is 5.66. The molecule has 0 aliphatic rings. The van der Waals surface area contributed by atoms with E-state index in [0.29, 0.717) is 0 Å². The van der Waals surface area contributed by atoms with E-state index in [0.717, 1.165) is 17.6 Å². The molecule has 0 aliphatic carbocycles. The number of fused-ring (bicyclic) bond motifs is 1. The Bertz CT molecular complexity index is 432. The zero-order valence-corrected chi connectivity index (χ0v) is 10.0. The molecule has 0 bridgehead atoms. The van der Waals surface area contributed by atoms with Gasteiger partial charge in [-0.1, -0.05) is 32.9 Å². The predicted molar refractivity (Wildman–Crippen MR) is 67.2 cm³/mol. The standard InChI is InChI=1S/C12H13N.C2H6/c1-3-10-5-7-12-11(8-10)6-4-9(2)13-12;1-2/h4-8H,3H2,1-2H3;1-2H3. The lowest BCUT2D eigenvalue weighted by molar-refractivity contribution is 1.14. The number of pyridine rings is 1. The lowest BCUT2D eigenvalue weighted by atomic mass is 10.1. The van der Waals surface area contributed by atoms with Crippen LogP contribution in [0.5, 0.6) is 0 Å². The summed E-state index contributed by atoms with van der Waals surface area (Å²) >= 11 is 0. The van der Waals surface area contributed by atoms with E-state index in [9.17, 15) is 0 Å². The summed E-state index contributed by atoms with van der Waals surface area (Å²) in [7, 11) is 0. The van der Waals surface area contributed by atoms with Crippen molar-refractivity contribution in [2.24, 2.45) is 0 Å². The summed E-state index contributed by atoms with van der Waals surface area (Å²) in [6.07, 6.45) is 1.09. The van der Waals surface area contributed by atoms with E-state index in [-0.39, 0.29) is 0 Å². The Morgan fingerprint density at radius 2 is 1.80 bits per heavy atom. The highest BCUT2D eigenvalue weighted by molar-refractivity contribution is 5.79. The van der Waals surface area contributed by atoms with Crippen LogP contribution in [0.4, 0.5) is 0 Å². The van der Waals surface area contributed by atoms with Crippen molar-refractivity contribution in [3.63, 3.8) is 0 Å². The Morgan fingerprint density at radius 3 is 2.47 bits per heavy atom. The first kappa shape index (κ1) is 11.7. The smallest absolute Gasteiger partial charge is 0.0705 e. The number of benzene rings is 1. The molecule has 0 radical (unpaired) electrons. The average molecular weight is 201 g/mol. The number of hydrogen-bond acceptors (Lipinski definition) is 1. The van der Waals surface area contributed by atoms with Crippen molar-refractivity contribution in [1.29, 1.82) is 0 Å². The Kier molecular flexibility index (Phi) is 4.29. The van der Waals surface area contributed by atoms with Gasteiger partial charge in [-0.15, -0.1) is 0 Å². The van der Waals surface area contributed by atoms with Crippen molar-refractivity contribution in [2.75, 3.05) is 0 Å². The maximum absolute atomic E-state index is 4.45. The van der Waals surface area contributed by atoms with Gasteiger partial charge in [-0.3, -0.25) is 4.98 Å². The second kappa shape index (κ2) is 5.50. The highest BCUT2D eigenvalue weighted by Gasteiger charge is 1.95. The molecule has 0 amide bonds. The minimum Gasteiger partial charge on any atom is -0.253 e. The molecule has 1 aromatic carbocycles. The average Bonchev–Trinajstić information content (AvgIpc) is 2.31. The number of hydrogen-bond donors (Lipinski definition) is 0. The van der Waals surface area contributed by atoms with Gasteiger partial charge in [0, 0.05) is 11.1 Å². The SMILES string of the molecule is CC.CCc1ccc2nc(C)ccc2c1. The molecule has 1 heterocycles. The van der Waals surface area contributed by atoms with Gasteiger partial charge in [0.15, 0.2) is 0 Å². The van der Waals surface area contributed by atoms with Crippen LogP contribution in [-0.2, 0) is 6.42 Å². The topological polar surface area (TPSA) is 12.9 Å². The van der Waals surface area contributed by atoms with Crippen LogP contribution in [0.25, 0.3) is 10.9 Å². The first-order valence-electron chi connectivity index (χ1n) is 5.66. The molecule has 80 valence electrons. The van der Waals surface area contributed by atoms with Crippen LogP contribution in [-0.4, -0.2) is 4.98 Å². The molecule has 1 nitrogen and oxygen atoms in total. The summed E-state index contributed by atoms with van der Waals surface area (Å²) in [5, 5.41) is 1.24. The molecular weight excluding hydrogens is 182 g/mol. The van der Waals surface area contributed by atoms with Gasteiger partial charge >= 0.3 is 0 Å². The van der Waals surface area contributed by atoms with Crippen molar-refractivity contribution in [2.45, 2.75) is 34.1 Å². The highest BCUT2D eigenvalue weighted by atomic mass is 14.7. The highest BCUT2D eigenvalue weighted by Crippen LogP contribution is 2.14. The van der Waals surface area contributed by atoms with Gasteiger partial charge in [-0.05, 0) is 37.1 Å². The van der Waals surface area contributed by atoms with E-state index < -0.39 is 0 Å². The normalized spacial score (nSPS) is 9.60. The summed E-state index contributed by atoms with van der Waals surface area (Å²) in [5.74, 6) is 0. The molecule has 0 N–H and O–H groups in total. The molecule has 0 spiro atoms. The maximum Gasteiger partial charge on any atom is 0.0705 e. The molecule has 2 rings (SSSR count). The summed E-state index contributed by atoms with van der Waals surface area (Å²) in [6, 6.07) is 10.6. The Morgan fingerprint density at radius 1 is 1.07 bits per heavy atom. The van der Waals surface area contributed by atoms with Gasteiger partial charge < -0.3 is 0 Å². The van der Waals surface area contributed by atoms with Gasteiger partial charge in [0.1, 0.15) is 0 Å². The fourth-order valence-corrected chi connectivity index (χ4v) is 1.50. The van der Waals surface area contributed by atoms with Crippen molar-refractivity contribution >= 4 is 10.9 Å².